The van der Waals surface area contributed by atoms with Gasteiger partial charge in [-0.2, -0.15) is 5.26 Å². The van der Waals surface area contributed by atoms with E-state index in [1.54, 1.807) is 7.05 Å². The van der Waals surface area contributed by atoms with Crippen LogP contribution in [0.3, 0.4) is 0 Å². The number of sulfonamides is 1. The topological polar surface area (TPSA) is 61.2 Å². The van der Waals surface area contributed by atoms with E-state index in [1.807, 2.05) is 6.07 Å². The Bertz CT molecular complexity index is 374. The first-order valence-corrected chi connectivity index (χ1v) is 9.96. The molecule has 0 saturated carbocycles. The molecule has 0 aliphatic carbocycles. The van der Waals surface area contributed by atoms with E-state index in [1.165, 1.54) is 49.3 Å². The first-order valence-electron chi connectivity index (χ1n) is 8.35. The van der Waals surface area contributed by atoms with Gasteiger partial charge in [-0.1, -0.05) is 64.7 Å². The highest BCUT2D eigenvalue weighted by atomic mass is 32.2. The Morgan fingerprint density at radius 1 is 0.905 bits per heavy atom. The highest BCUT2D eigenvalue weighted by Crippen LogP contribution is 2.11. The summed E-state index contributed by atoms with van der Waals surface area (Å²) in [6.07, 6.45) is 12.2. The molecule has 0 spiro atoms. The molecule has 0 radical (unpaired) electrons. The van der Waals surface area contributed by atoms with Crippen LogP contribution < -0.4 is 0 Å². The molecule has 4 nitrogen and oxygen atoms in total. The summed E-state index contributed by atoms with van der Waals surface area (Å²) in [4.78, 5) is 0. The Labute approximate surface area is 131 Å². The molecule has 5 heteroatoms. The molecule has 0 unspecified atom stereocenters. The average molecular weight is 317 g/mol. The Morgan fingerprint density at radius 2 is 1.38 bits per heavy atom. The molecule has 0 amide bonds. The molecule has 0 aliphatic rings. The van der Waals surface area contributed by atoms with E-state index < -0.39 is 10.0 Å². The second-order valence-electron chi connectivity index (χ2n) is 5.73. The van der Waals surface area contributed by atoms with Crippen molar-refractivity contribution >= 4 is 10.0 Å². The van der Waals surface area contributed by atoms with Gasteiger partial charge in [0.05, 0.1) is 11.8 Å². The molecule has 0 bridgehead atoms. The quantitative estimate of drug-likeness (QED) is 0.454. The van der Waals surface area contributed by atoms with Crippen molar-refractivity contribution in [3.05, 3.63) is 0 Å². The largest absolute Gasteiger partial charge is 0.213 e. The van der Waals surface area contributed by atoms with E-state index in [-0.39, 0.29) is 12.2 Å². The predicted molar refractivity (Wildman–Crippen MR) is 88.5 cm³/mol. The van der Waals surface area contributed by atoms with Gasteiger partial charge in [-0.3, -0.25) is 0 Å². The van der Waals surface area contributed by atoms with Gasteiger partial charge in [0.1, 0.15) is 0 Å². The van der Waals surface area contributed by atoms with Crippen LogP contribution >= 0.6 is 0 Å². The Kier molecular flexibility index (Phi) is 12.7. The van der Waals surface area contributed by atoms with Gasteiger partial charge < -0.3 is 0 Å². The zero-order chi connectivity index (χ0) is 16.0. The standard InChI is InChI=1S/C16H32N2O2S/c1-3-4-5-6-7-8-9-10-11-12-16-21(19,20)18(2)15-13-14-17/h3-13,15-16H2,1-2H3. The van der Waals surface area contributed by atoms with Crippen molar-refractivity contribution in [2.45, 2.75) is 77.6 Å². The summed E-state index contributed by atoms with van der Waals surface area (Å²) in [5, 5.41) is 8.47. The van der Waals surface area contributed by atoms with Crippen LogP contribution in [0.4, 0.5) is 0 Å². The van der Waals surface area contributed by atoms with Crippen molar-refractivity contribution in [1.29, 1.82) is 5.26 Å². The minimum Gasteiger partial charge on any atom is -0.212 e. The van der Waals surface area contributed by atoms with Crippen LogP contribution in [0, 0.1) is 11.3 Å². The maximum atomic E-state index is 11.9. The Hall–Kier alpha value is -0.600. The number of nitriles is 1. The van der Waals surface area contributed by atoms with E-state index in [9.17, 15) is 8.42 Å². The highest BCUT2D eigenvalue weighted by molar-refractivity contribution is 7.89. The number of rotatable bonds is 14. The number of nitrogens with zero attached hydrogens (tertiary/aromatic N) is 2. The minimum atomic E-state index is -3.16. The second-order valence-corrected chi connectivity index (χ2v) is 7.92. The molecule has 0 heterocycles. The van der Waals surface area contributed by atoms with Crippen molar-refractivity contribution in [3.8, 4) is 6.07 Å². The summed E-state index contributed by atoms with van der Waals surface area (Å²) >= 11 is 0. The van der Waals surface area contributed by atoms with Crippen LogP contribution in [0.1, 0.15) is 77.6 Å². The van der Waals surface area contributed by atoms with Crippen LogP contribution in [0.2, 0.25) is 0 Å². The molecule has 0 atom stereocenters. The van der Waals surface area contributed by atoms with E-state index in [0.717, 1.165) is 19.3 Å². The molecule has 0 rings (SSSR count). The van der Waals surface area contributed by atoms with Crippen molar-refractivity contribution in [2.24, 2.45) is 0 Å². The SMILES string of the molecule is CCCCCCCCCCCCS(=O)(=O)N(C)CCC#N. The van der Waals surface area contributed by atoms with Gasteiger partial charge in [0, 0.05) is 20.0 Å². The molecule has 21 heavy (non-hydrogen) atoms. The van der Waals surface area contributed by atoms with Crippen molar-refractivity contribution < 1.29 is 8.42 Å². The molecule has 0 N–H and O–H groups in total. The fourth-order valence-electron chi connectivity index (χ4n) is 2.27. The smallest absolute Gasteiger partial charge is 0.212 e. The maximum Gasteiger partial charge on any atom is 0.213 e. The first kappa shape index (κ1) is 20.4. The minimum absolute atomic E-state index is 0.214. The van der Waals surface area contributed by atoms with Gasteiger partial charge in [-0.25, -0.2) is 12.7 Å². The molecule has 0 aliphatic heterocycles. The highest BCUT2D eigenvalue weighted by Gasteiger charge is 2.16. The van der Waals surface area contributed by atoms with Crippen molar-refractivity contribution in [3.63, 3.8) is 0 Å². The summed E-state index contributed by atoms with van der Waals surface area (Å²) < 4.78 is 25.1. The van der Waals surface area contributed by atoms with E-state index in [4.69, 9.17) is 5.26 Å². The zero-order valence-corrected chi connectivity index (χ0v) is 14.6. The van der Waals surface area contributed by atoms with E-state index in [0.29, 0.717) is 6.54 Å². The summed E-state index contributed by atoms with van der Waals surface area (Å²) in [5.74, 6) is 0.214. The third-order valence-electron chi connectivity index (χ3n) is 3.77. The number of unbranched alkanes of at least 4 members (excludes halogenated alkanes) is 9. The third kappa shape index (κ3) is 11.7. The summed E-state index contributed by atoms with van der Waals surface area (Å²) in [5.41, 5.74) is 0. The first-order chi connectivity index (χ1) is 10.0. The normalized spacial score (nSPS) is 11.7. The monoisotopic (exact) mass is 316 g/mol. The fourth-order valence-corrected chi connectivity index (χ4v) is 3.52. The molecule has 124 valence electrons. The van der Waals surface area contributed by atoms with Gasteiger partial charge in [0.2, 0.25) is 10.0 Å². The Balaban J connectivity index is 3.51. The van der Waals surface area contributed by atoms with Gasteiger partial charge >= 0.3 is 0 Å². The van der Waals surface area contributed by atoms with Crippen LogP contribution in [0.15, 0.2) is 0 Å². The van der Waals surface area contributed by atoms with Crippen LogP contribution in [0.25, 0.3) is 0 Å². The molecule has 0 fully saturated rings. The van der Waals surface area contributed by atoms with Gasteiger partial charge in [-0.15, -0.1) is 0 Å². The summed E-state index contributed by atoms with van der Waals surface area (Å²) in [7, 11) is -1.60. The lowest BCUT2D eigenvalue weighted by Gasteiger charge is -2.15. The molecular formula is C16H32N2O2S. The van der Waals surface area contributed by atoms with Crippen molar-refractivity contribution in [2.75, 3.05) is 19.3 Å². The molecule has 0 saturated heterocycles. The van der Waals surface area contributed by atoms with E-state index in [2.05, 4.69) is 6.92 Å². The summed E-state index contributed by atoms with van der Waals surface area (Å²) in [6.45, 7) is 2.53. The van der Waals surface area contributed by atoms with Crippen LogP contribution in [0.5, 0.6) is 0 Å². The van der Waals surface area contributed by atoms with Gasteiger partial charge in [-0.05, 0) is 6.42 Å². The predicted octanol–water partition coefficient (Wildman–Crippen LogP) is 4.08. The summed E-state index contributed by atoms with van der Waals surface area (Å²) in [6, 6.07) is 1.97. The zero-order valence-electron chi connectivity index (χ0n) is 13.8. The molecule has 0 aromatic carbocycles. The molecule has 0 aromatic rings. The third-order valence-corrected chi connectivity index (χ3v) is 5.71. The average Bonchev–Trinajstić information content (AvgIpc) is 2.46. The lowest BCUT2D eigenvalue weighted by Crippen LogP contribution is -2.30. The van der Waals surface area contributed by atoms with Crippen LogP contribution in [-0.4, -0.2) is 32.1 Å². The molecule has 0 aromatic heterocycles. The van der Waals surface area contributed by atoms with Gasteiger partial charge in [0.15, 0.2) is 0 Å². The van der Waals surface area contributed by atoms with Gasteiger partial charge in [0.25, 0.3) is 0 Å². The lowest BCUT2D eigenvalue weighted by atomic mass is 10.1. The van der Waals surface area contributed by atoms with Crippen LogP contribution in [-0.2, 0) is 10.0 Å². The van der Waals surface area contributed by atoms with Crippen molar-refractivity contribution in [1.82, 2.24) is 4.31 Å². The lowest BCUT2D eigenvalue weighted by molar-refractivity contribution is 0.473. The Morgan fingerprint density at radius 3 is 1.86 bits per heavy atom. The van der Waals surface area contributed by atoms with E-state index >= 15 is 0 Å². The number of hydrogen-bond donors (Lipinski definition) is 0. The molecular weight excluding hydrogens is 284 g/mol. The fraction of sp³-hybridized carbons (Fsp3) is 0.938. The second kappa shape index (κ2) is 13.1. The maximum absolute atomic E-state index is 11.9. The number of hydrogen-bond acceptors (Lipinski definition) is 3.